The number of nitrogens with one attached hydrogen (secondary N) is 2. The summed E-state index contributed by atoms with van der Waals surface area (Å²) in [5.74, 6) is 1.45. The average molecular weight is 381 g/mol. The summed E-state index contributed by atoms with van der Waals surface area (Å²) in [7, 11) is 0. The van der Waals surface area contributed by atoms with Gasteiger partial charge in [0.25, 0.3) is 0 Å². The fourth-order valence-electron chi connectivity index (χ4n) is 2.70. The summed E-state index contributed by atoms with van der Waals surface area (Å²) < 4.78 is 0. The molecular formula is C19H27N9. The van der Waals surface area contributed by atoms with Crippen LogP contribution in [-0.2, 0) is 6.54 Å². The highest BCUT2D eigenvalue weighted by Crippen LogP contribution is 2.25. The molecule has 3 rings (SSSR count). The standard InChI is InChI=1S/C19H27N9/c1-11-7-15(9-20)19(27-18(11)25-13(3)12(2)21)26-16-8-17(14(4)22-10-16)28-23-5-6-24-28/h5-8,10,12-13H,9,20-21H2,1-4H3,(H2,25,26,27)/t12-,13?/m0/s1. The molecule has 28 heavy (non-hydrogen) atoms. The molecule has 0 saturated heterocycles. The van der Waals surface area contributed by atoms with E-state index in [4.69, 9.17) is 16.5 Å². The van der Waals surface area contributed by atoms with Gasteiger partial charge in [0.05, 0.1) is 30.0 Å². The van der Waals surface area contributed by atoms with Gasteiger partial charge in [-0.2, -0.15) is 10.2 Å². The summed E-state index contributed by atoms with van der Waals surface area (Å²) in [5, 5.41) is 15.1. The summed E-state index contributed by atoms with van der Waals surface area (Å²) >= 11 is 0. The van der Waals surface area contributed by atoms with Crippen LogP contribution in [-0.4, -0.2) is 37.0 Å². The highest BCUT2D eigenvalue weighted by Gasteiger charge is 2.14. The van der Waals surface area contributed by atoms with Crippen LogP contribution in [0.5, 0.6) is 0 Å². The van der Waals surface area contributed by atoms with Crippen LogP contribution in [0.2, 0.25) is 0 Å². The van der Waals surface area contributed by atoms with Gasteiger partial charge in [-0.25, -0.2) is 4.98 Å². The molecule has 0 radical (unpaired) electrons. The first-order valence-corrected chi connectivity index (χ1v) is 9.22. The summed E-state index contributed by atoms with van der Waals surface area (Å²) in [6.45, 7) is 8.27. The van der Waals surface area contributed by atoms with Crippen molar-refractivity contribution < 1.29 is 0 Å². The second kappa shape index (κ2) is 8.32. The molecular weight excluding hydrogens is 354 g/mol. The highest BCUT2D eigenvalue weighted by molar-refractivity contribution is 5.65. The molecule has 0 spiro atoms. The Morgan fingerprint density at radius 2 is 1.82 bits per heavy atom. The molecule has 9 nitrogen and oxygen atoms in total. The zero-order chi connectivity index (χ0) is 20.3. The number of anilines is 3. The summed E-state index contributed by atoms with van der Waals surface area (Å²) in [5.41, 5.74) is 16.2. The van der Waals surface area contributed by atoms with Gasteiger partial charge in [0.1, 0.15) is 17.3 Å². The third-order valence-electron chi connectivity index (χ3n) is 4.62. The van der Waals surface area contributed by atoms with Gasteiger partial charge in [-0.05, 0) is 45.4 Å². The number of pyridine rings is 2. The van der Waals surface area contributed by atoms with Gasteiger partial charge in [0, 0.05) is 24.2 Å². The Kier molecular flexibility index (Phi) is 5.86. The molecule has 9 heteroatoms. The van der Waals surface area contributed by atoms with Crippen molar-refractivity contribution in [3.05, 3.63) is 47.5 Å². The average Bonchev–Trinajstić information content (AvgIpc) is 3.20. The predicted octanol–water partition coefficient (Wildman–Crippen LogP) is 2.02. The quantitative estimate of drug-likeness (QED) is 0.488. The van der Waals surface area contributed by atoms with Crippen LogP contribution < -0.4 is 22.1 Å². The minimum Gasteiger partial charge on any atom is -0.366 e. The second-order valence-electron chi connectivity index (χ2n) is 6.93. The molecule has 148 valence electrons. The number of aromatic nitrogens is 5. The van der Waals surface area contributed by atoms with E-state index in [2.05, 4.69) is 25.8 Å². The van der Waals surface area contributed by atoms with Crippen LogP contribution in [0.25, 0.3) is 5.69 Å². The number of hydrogen-bond donors (Lipinski definition) is 4. The van der Waals surface area contributed by atoms with Crippen LogP contribution in [0.15, 0.2) is 30.7 Å². The molecule has 0 bridgehead atoms. The Bertz CT molecular complexity index is 935. The lowest BCUT2D eigenvalue weighted by Crippen LogP contribution is -2.35. The van der Waals surface area contributed by atoms with Crippen molar-refractivity contribution in [2.24, 2.45) is 11.5 Å². The van der Waals surface area contributed by atoms with E-state index < -0.39 is 0 Å². The minimum atomic E-state index is -0.00257. The zero-order valence-corrected chi connectivity index (χ0v) is 16.6. The molecule has 3 aromatic heterocycles. The van der Waals surface area contributed by atoms with Gasteiger partial charge in [-0.1, -0.05) is 0 Å². The lowest BCUT2D eigenvalue weighted by Gasteiger charge is -2.21. The van der Waals surface area contributed by atoms with Crippen LogP contribution in [0.3, 0.4) is 0 Å². The number of hydrogen-bond acceptors (Lipinski definition) is 8. The maximum Gasteiger partial charge on any atom is 0.137 e. The zero-order valence-electron chi connectivity index (χ0n) is 16.6. The number of nitrogens with two attached hydrogens (primary N) is 2. The minimum absolute atomic E-state index is 0.00257. The smallest absolute Gasteiger partial charge is 0.137 e. The third-order valence-corrected chi connectivity index (χ3v) is 4.62. The molecule has 1 unspecified atom stereocenters. The number of nitrogens with zero attached hydrogens (tertiary/aromatic N) is 5. The van der Waals surface area contributed by atoms with Crippen LogP contribution in [0.4, 0.5) is 17.3 Å². The Morgan fingerprint density at radius 1 is 1.11 bits per heavy atom. The van der Waals surface area contributed by atoms with E-state index in [1.54, 1.807) is 18.6 Å². The van der Waals surface area contributed by atoms with Crippen molar-refractivity contribution in [3.8, 4) is 5.69 Å². The summed E-state index contributed by atoms with van der Waals surface area (Å²) in [4.78, 5) is 10.7. The molecule has 0 aliphatic carbocycles. The summed E-state index contributed by atoms with van der Waals surface area (Å²) in [6, 6.07) is 4.05. The van der Waals surface area contributed by atoms with Crippen molar-refractivity contribution in [1.82, 2.24) is 25.0 Å². The first kappa shape index (κ1) is 19.7. The number of rotatable bonds is 7. The van der Waals surface area contributed by atoms with Crippen molar-refractivity contribution in [2.75, 3.05) is 10.6 Å². The SMILES string of the molecule is Cc1cc(CN)c(Nc2cnc(C)c(-n3nccn3)c2)nc1NC(C)[C@H](C)N. The molecule has 3 heterocycles. The van der Waals surface area contributed by atoms with E-state index >= 15 is 0 Å². The van der Waals surface area contributed by atoms with E-state index in [1.165, 1.54) is 4.80 Å². The van der Waals surface area contributed by atoms with Crippen LogP contribution in [0.1, 0.15) is 30.7 Å². The van der Waals surface area contributed by atoms with E-state index in [0.717, 1.165) is 34.0 Å². The monoisotopic (exact) mass is 381 g/mol. The van der Waals surface area contributed by atoms with Gasteiger partial charge in [-0.15, -0.1) is 4.80 Å². The molecule has 2 atom stereocenters. The van der Waals surface area contributed by atoms with Gasteiger partial charge >= 0.3 is 0 Å². The highest BCUT2D eigenvalue weighted by atomic mass is 15.5. The molecule has 0 aliphatic rings. The first-order chi connectivity index (χ1) is 13.4. The molecule has 0 fully saturated rings. The maximum atomic E-state index is 5.98. The lowest BCUT2D eigenvalue weighted by atomic mass is 10.1. The fourth-order valence-corrected chi connectivity index (χ4v) is 2.70. The van der Waals surface area contributed by atoms with E-state index in [-0.39, 0.29) is 12.1 Å². The molecule has 3 aromatic rings. The summed E-state index contributed by atoms with van der Waals surface area (Å²) in [6.07, 6.45) is 5.01. The largest absolute Gasteiger partial charge is 0.366 e. The van der Waals surface area contributed by atoms with Gasteiger partial charge in [0.15, 0.2) is 0 Å². The normalized spacial score (nSPS) is 13.2. The Labute approximate surface area is 164 Å². The van der Waals surface area contributed by atoms with Crippen molar-refractivity contribution in [1.29, 1.82) is 0 Å². The first-order valence-electron chi connectivity index (χ1n) is 9.22. The topological polar surface area (TPSA) is 133 Å². The van der Waals surface area contributed by atoms with E-state index in [1.807, 2.05) is 39.8 Å². The molecule has 0 amide bonds. The van der Waals surface area contributed by atoms with Crippen molar-refractivity contribution in [3.63, 3.8) is 0 Å². The maximum absolute atomic E-state index is 5.98. The van der Waals surface area contributed by atoms with Gasteiger partial charge in [0.2, 0.25) is 0 Å². The molecule has 0 saturated carbocycles. The molecule has 0 aromatic carbocycles. The van der Waals surface area contributed by atoms with Gasteiger partial charge in [-0.3, -0.25) is 4.98 Å². The number of aryl methyl sites for hydroxylation is 2. The predicted molar refractivity (Wildman–Crippen MR) is 111 cm³/mol. The van der Waals surface area contributed by atoms with Crippen molar-refractivity contribution >= 4 is 17.3 Å². The Balaban J connectivity index is 1.94. The Hall–Kier alpha value is -3.04. The molecule has 0 aliphatic heterocycles. The molecule has 6 N–H and O–H groups in total. The van der Waals surface area contributed by atoms with Crippen LogP contribution in [0, 0.1) is 13.8 Å². The lowest BCUT2D eigenvalue weighted by molar-refractivity contribution is 0.635. The van der Waals surface area contributed by atoms with Crippen molar-refractivity contribution in [2.45, 2.75) is 46.3 Å². The second-order valence-corrected chi connectivity index (χ2v) is 6.93. The fraction of sp³-hybridized carbons (Fsp3) is 0.368. The van der Waals surface area contributed by atoms with Gasteiger partial charge < -0.3 is 22.1 Å². The van der Waals surface area contributed by atoms with E-state index in [0.29, 0.717) is 12.4 Å². The van der Waals surface area contributed by atoms with Crippen LogP contribution >= 0.6 is 0 Å². The Morgan fingerprint density at radius 3 is 2.46 bits per heavy atom. The third kappa shape index (κ3) is 4.26. The van der Waals surface area contributed by atoms with E-state index in [9.17, 15) is 0 Å².